The van der Waals surface area contributed by atoms with Crippen LogP contribution in [0.25, 0.3) is 0 Å². The molecule has 0 aromatic heterocycles. The van der Waals surface area contributed by atoms with Crippen LogP contribution < -0.4 is 4.74 Å². The maximum absolute atomic E-state index is 13.7. The average Bonchev–Trinajstić information content (AvgIpc) is 3.58. The Labute approximate surface area is 182 Å². The van der Waals surface area contributed by atoms with E-state index < -0.39 is 0 Å². The summed E-state index contributed by atoms with van der Waals surface area (Å²) in [5.41, 5.74) is 4.71. The highest BCUT2D eigenvalue weighted by Crippen LogP contribution is 2.52. The van der Waals surface area contributed by atoms with Gasteiger partial charge in [-0.15, -0.1) is 0 Å². The molecule has 1 saturated carbocycles. The van der Waals surface area contributed by atoms with Crippen molar-refractivity contribution in [3.8, 4) is 5.75 Å². The van der Waals surface area contributed by atoms with Crippen molar-refractivity contribution in [1.29, 1.82) is 0 Å². The minimum atomic E-state index is -0.0972. The second-order valence-corrected chi connectivity index (χ2v) is 8.57. The molecule has 3 aromatic carbocycles. The molecule has 3 nitrogen and oxygen atoms in total. The van der Waals surface area contributed by atoms with E-state index in [9.17, 15) is 4.79 Å². The molecular formula is C26H24ClNO2. The number of carbonyl (C=O) groups is 1. The molecule has 0 N–H and O–H groups in total. The number of benzene rings is 3. The van der Waals surface area contributed by atoms with Crippen LogP contribution in [0.2, 0.25) is 5.02 Å². The van der Waals surface area contributed by atoms with Crippen molar-refractivity contribution in [2.45, 2.75) is 24.8 Å². The number of methoxy groups -OCH3 is 1. The molecule has 5 rings (SSSR count). The second-order valence-electron chi connectivity index (χ2n) is 8.13. The molecule has 0 bridgehead atoms. The Hall–Kier alpha value is -2.78. The van der Waals surface area contributed by atoms with Gasteiger partial charge in [-0.05, 0) is 59.2 Å². The number of rotatable bonds is 4. The zero-order valence-corrected chi connectivity index (χ0v) is 17.7. The van der Waals surface area contributed by atoms with Crippen molar-refractivity contribution in [3.63, 3.8) is 0 Å². The molecule has 0 saturated heterocycles. The fourth-order valence-corrected chi connectivity index (χ4v) is 5.04. The monoisotopic (exact) mass is 417 g/mol. The van der Waals surface area contributed by atoms with Gasteiger partial charge < -0.3 is 9.64 Å². The molecule has 1 fully saturated rings. The van der Waals surface area contributed by atoms with E-state index in [1.165, 1.54) is 11.1 Å². The van der Waals surface area contributed by atoms with Crippen LogP contribution in [0, 0.1) is 5.92 Å². The van der Waals surface area contributed by atoms with E-state index in [4.69, 9.17) is 16.3 Å². The summed E-state index contributed by atoms with van der Waals surface area (Å²) in [7, 11) is 1.69. The van der Waals surface area contributed by atoms with E-state index in [0.29, 0.717) is 5.02 Å². The molecule has 3 atom stereocenters. The summed E-state index contributed by atoms with van der Waals surface area (Å²) in [4.78, 5) is 15.7. The first-order valence-electron chi connectivity index (χ1n) is 10.4. The predicted octanol–water partition coefficient (Wildman–Crippen LogP) is 5.63. The highest BCUT2D eigenvalue weighted by atomic mass is 35.5. The van der Waals surface area contributed by atoms with E-state index >= 15 is 0 Å². The normalized spacial score (nSPS) is 22.3. The molecule has 1 aliphatic carbocycles. The van der Waals surface area contributed by atoms with Crippen molar-refractivity contribution in [3.05, 3.63) is 100 Å². The fraction of sp³-hybridized carbons (Fsp3) is 0.269. The van der Waals surface area contributed by atoms with Crippen molar-refractivity contribution in [2.75, 3.05) is 13.7 Å². The molecule has 30 heavy (non-hydrogen) atoms. The highest BCUT2D eigenvalue weighted by molar-refractivity contribution is 6.30. The lowest BCUT2D eigenvalue weighted by molar-refractivity contribution is -0.134. The molecular weight excluding hydrogens is 394 g/mol. The lowest BCUT2D eigenvalue weighted by Gasteiger charge is -2.38. The van der Waals surface area contributed by atoms with Crippen LogP contribution in [0.3, 0.4) is 0 Å². The van der Waals surface area contributed by atoms with Gasteiger partial charge in [-0.25, -0.2) is 0 Å². The molecule has 3 aromatic rings. The SMILES string of the molecule is COc1ccccc1[C@@H]1C[C@H]1C(=O)N1CCc2ccccc2C1c1cccc(Cl)c1. The van der Waals surface area contributed by atoms with Gasteiger partial charge >= 0.3 is 0 Å². The number of fused-ring (bicyclic) bond motifs is 1. The number of para-hydroxylation sites is 1. The molecule has 0 spiro atoms. The fourth-order valence-electron chi connectivity index (χ4n) is 4.84. The Kier molecular flexibility index (Phi) is 5.00. The first kappa shape index (κ1) is 19.2. The van der Waals surface area contributed by atoms with Crippen molar-refractivity contribution < 1.29 is 9.53 Å². The lowest BCUT2D eigenvalue weighted by atomic mass is 9.87. The zero-order valence-electron chi connectivity index (χ0n) is 16.9. The topological polar surface area (TPSA) is 29.5 Å². The third kappa shape index (κ3) is 3.37. The summed E-state index contributed by atoms with van der Waals surface area (Å²) in [6.07, 6.45) is 1.75. The van der Waals surface area contributed by atoms with E-state index in [1.54, 1.807) is 7.11 Å². The minimum absolute atomic E-state index is 0.00764. The predicted molar refractivity (Wildman–Crippen MR) is 119 cm³/mol. The maximum atomic E-state index is 13.7. The first-order valence-corrected chi connectivity index (χ1v) is 10.8. The minimum Gasteiger partial charge on any atom is -0.496 e. The number of nitrogens with zero attached hydrogens (tertiary/aromatic N) is 1. The Balaban J connectivity index is 1.48. The summed E-state index contributed by atoms with van der Waals surface area (Å²) in [5, 5.41) is 0.696. The van der Waals surface area contributed by atoms with E-state index in [1.807, 2.05) is 36.4 Å². The Morgan fingerprint density at radius 2 is 1.77 bits per heavy atom. The quantitative estimate of drug-likeness (QED) is 0.550. The summed E-state index contributed by atoms with van der Waals surface area (Å²) in [6, 6.07) is 24.3. The third-order valence-electron chi connectivity index (χ3n) is 6.38. The highest BCUT2D eigenvalue weighted by Gasteiger charge is 2.48. The number of carbonyl (C=O) groups excluding carboxylic acids is 1. The molecule has 1 heterocycles. The van der Waals surface area contributed by atoms with E-state index in [0.717, 1.165) is 36.3 Å². The van der Waals surface area contributed by atoms with Gasteiger partial charge in [0.25, 0.3) is 0 Å². The number of hydrogen-bond acceptors (Lipinski definition) is 2. The maximum Gasteiger partial charge on any atom is 0.227 e. The lowest BCUT2D eigenvalue weighted by Crippen LogP contribution is -2.41. The van der Waals surface area contributed by atoms with Crippen LogP contribution >= 0.6 is 11.6 Å². The first-order chi connectivity index (χ1) is 14.7. The largest absolute Gasteiger partial charge is 0.496 e. The van der Waals surface area contributed by atoms with Crippen LogP contribution in [-0.2, 0) is 11.2 Å². The summed E-state index contributed by atoms with van der Waals surface area (Å²) < 4.78 is 5.53. The van der Waals surface area contributed by atoms with Crippen molar-refractivity contribution >= 4 is 17.5 Å². The zero-order chi connectivity index (χ0) is 20.7. The van der Waals surface area contributed by atoms with Gasteiger partial charge in [0.05, 0.1) is 13.2 Å². The Morgan fingerprint density at radius 1 is 1.00 bits per heavy atom. The molecule has 1 aliphatic heterocycles. The number of ether oxygens (including phenoxy) is 1. The average molecular weight is 418 g/mol. The summed E-state index contributed by atoms with van der Waals surface area (Å²) in [6.45, 7) is 0.724. The molecule has 1 unspecified atom stereocenters. The summed E-state index contributed by atoms with van der Waals surface area (Å²) in [5.74, 6) is 1.33. The van der Waals surface area contributed by atoms with E-state index in [2.05, 4.69) is 41.3 Å². The number of hydrogen-bond donors (Lipinski definition) is 0. The van der Waals surface area contributed by atoms with Gasteiger partial charge in [-0.3, -0.25) is 4.79 Å². The van der Waals surface area contributed by atoms with Crippen LogP contribution in [0.15, 0.2) is 72.8 Å². The van der Waals surface area contributed by atoms with Gasteiger partial charge in [0, 0.05) is 17.5 Å². The Bertz CT molecular complexity index is 1100. The smallest absolute Gasteiger partial charge is 0.227 e. The number of halogens is 1. The van der Waals surface area contributed by atoms with Crippen molar-refractivity contribution in [2.24, 2.45) is 5.92 Å². The summed E-state index contributed by atoms with van der Waals surface area (Å²) >= 11 is 6.31. The van der Waals surface area contributed by atoms with Gasteiger partial charge in [0.1, 0.15) is 5.75 Å². The van der Waals surface area contributed by atoms with Crippen LogP contribution in [0.5, 0.6) is 5.75 Å². The van der Waals surface area contributed by atoms with Gasteiger partial charge in [-0.1, -0.05) is 66.2 Å². The van der Waals surface area contributed by atoms with Crippen LogP contribution in [0.1, 0.15) is 40.6 Å². The third-order valence-corrected chi connectivity index (χ3v) is 6.61. The van der Waals surface area contributed by atoms with Crippen LogP contribution in [-0.4, -0.2) is 24.5 Å². The van der Waals surface area contributed by atoms with Crippen molar-refractivity contribution in [1.82, 2.24) is 4.90 Å². The van der Waals surface area contributed by atoms with Gasteiger partial charge in [-0.2, -0.15) is 0 Å². The molecule has 2 aliphatic rings. The van der Waals surface area contributed by atoms with Gasteiger partial charge in [0.2, 0.25) is 5.91 Å². The second kappa shape index (κ2) is 7.81. The number of amides is 1. The molecule has 152 valence electrons. The van der Waals surface area contributed by atoms with E-state index in [-0.39, 0.29) is 23.8 Å². The molecule has 0 radical (unpaired) electrons. The van der Waals surface area contributed by atoms with Crippen LogP contribution in [0.4, 0.5) is 0 Å². The standard InChI is InChI=1S/C26H24ClNO2/c1-30-24-12-5-4-11-21(24)22-16-23(22)26(29)28-14-13-17-7-2-3-10-20(17)25(28)18-8-6-9-19(27)15-18/h2-12,15,22-23,25H,13-14,16H2,1H3/t22-,23+,25?/m0/s1. The molecule has 1 amide bonds. The molecule has 4 heteroatoms. The Morgan fingerprint density at radius 3 is 2.57 bits per heavy atom. The van der Waals surface area contributed by atoms with Gasteiger partial charge in [0.15, 0.2) is 0 Å².